The van der Waals surface area contributed by atoms with Gasteiger partial charge in [0.25, 0.3) is 0 Å². The van der Waals surface area contributed by atoms with Gasteiger partial charge in [0, 0.05) is 12.6 Å². The van der Waals surface area contributed by atoms with E-state index in [1.165, 1.54) is 13.2 Å². The minimum Gasteiger partial charge on any atom is -0.494 e. The van der Waals surface area contributed by atoms with Gasteiger partial charge >= 0.3 is 0 Å². The van der Waals surface area contributed by atoms with Crippen molar-refractivity contribution in [2.45, 2.75) is 25.5 Å². The van der Waals surface area contributed by atoms with Crippen LogP contribution in [0.3, 0.4) is 0 Å². The van der Waals surface area contributed by atoms with Crippen LogP contribution in [0.5, 0.6) is 5.75 Å². The van der Waals surface area contributed by atoms with Crippen molar-refractivity contribution in [3.05, 3.63) is 29.6 Å². The third kappa shape index (κ3) is 2.76. The summed E-state index contributed by atoms with van der Waals surface area (Å²) in [6, 6.07) is 5.38. The number of nitrogens with one attached hydrogen (secondary N) is 1. The van der Waals surface area contributed by atoms with Crippen LogP contribution in [0.1, 0.15) is 25.0 Å². The highest BCUT2D eigenvalue weighted by molar-refractivity contribution is 5.30. The first kappa shape index (κ1) is 12.3. The molecule has 2 unspecified atom stereocenters. The summed E-state index contributed by atoms with van der Waals surface area (Å²) in [5, 5.41) is 3.39. The predicted molar refractivity (Wildman–Crippen MR) is 63.7 cm³/mol. The standard InChI is InChI=1S/C13H18FNO2/c1-3-10-8-17-13(7-15-10)9-4-5-12(16-2)11(14)6-9/h4-6,10,13,15H,3,7-8H2,1-2H3. The number of ether oxygens (including phenoxy) is 2. The molecule has 1 heterocycles. The van der Waals surface area contributed by atoms with E-state index >= 15 is 0 Å². The molecule has 0 amide bonds. The average molecular weight is 239 g/mol. The molecule has 1 aliphatic rings. The van der Waals surface area contributed by atoms with Gasteiger partial charge in [0.1, 0.15) is 0 Å². The number of benzene rings is 1. The Hall–Kier alpha value is -1.13. The second kappa shape index (κ2) is 5.47. The Kier molecular flexibility index (Phi) is 3.97. The quantitative estimate of drug-likeness (QED) is 0.877. The van der Waals surface area contributed by atoms with Crippen molar-refractivity contribution in [2.75, 3.05) is 20.3 Å². The van der Waals surface area contributed by atoms with Gasteiger partial charge in [0.05, 0.1) is 19.8 Å². The summed E-state index contributed by atoms with van der Waals surface area (Å²) < 4.78 is 24.2. The molecule has 94 valence electrons. The summed E-state index contributed by atoms with van der Waals surface area (Å²) in [5.74, 6) is -0.0739. The fourth-order valence-corrected chi connectivity index (χ4v) is 1.98. The van der Waals surface area contributed by atoms with Crippen molar-refractivity contribution in [1.29, 1.82) is 0 Å². The maximum absolute atomic E-state index is 13.5. The highest BCUT2D eigenvalue weighted by Crippen LogP contribution is 2.25. The first-order valence-electron chi connectivity index (χ1n) is 5.93. The van der Waals surface area contributed by atoms with E-state index in [0.29, 0.717) is 12.6 Å². The van der Waals surface area contributed by atoms with Gasteiger partial charge in [0.15, 0.2) is 11.6 Å². The molecule has 0 bridgehead atoms. The highest BCUT2D eigenvalue weighted by atomic mass is 19.1. The Balaban J connectivity index is 2.06. The van der Waals surface area contributed by atoms with Gasteiger partial charge in [-0.15, -0.1) is 0 Å². The molecule has 1 saturated heterocycles. The van der Waals surface area contributed by atoms with Crippen molar-refractivity contribution in [1.82, 2.24) is 5.32 Å². The average Bonchev–Trinajstić information content (AvgIpc) is 2.39. The van der Waals surface area contributed by atoms with Crippen LogP contribution in [-0.4, -0.2) is 26.3 Å². The molecule has 2 atom stereocenters. The molecule has 1 fully saturated rings. The first-order chi connectivity index (χ1) is 8.24. The van der Waals surface area contributed by atoms with E-state index in [9.17, 15) is 4.39 Å². The third-order valence-electron chi connectivity index (χ3n) is 3.13. The van der Waals surface area contributed by atoms with E-state index in [4.69, 9.17) is 9.47 Å². The lowest BCUT2D eigenvalue weighted by Gasteiger charge is -2.30. The SMILES string of the molecule is CCC1COC(c2ccc(OC)c(F)c2)CN1. The number of hydrogen-bond donors (Lipinski definition) is 1. The summed E-state index contributed by atoms with van der Waals surface area (Å²) in [6.07, 6.45) is 0.974. The largest absolute Gasteiger partial charge is 0.494 e. The zero-order valence-corrected chi connectivity index (χ0v) is 10.2. The van der Waals surface area contributed by atoms with Crippen LogP contribution in [0.4, 0.5) is 4.39 Å². The van der Waals surface area contributed by atoms with Crippen LogP contribution >= 0.6 is 0 Å². The summed E-state index contributed by atoms with van der Waals surface area (Å²) >= 11 is 0. The van der Waals surface area contributed by atoms with Gasteiger partial charge in [-0.25, -0.2) is 4.39 Å². The fraction of sp³-hybridized carbons (Fsp3) is 0.538. The lowest BCUT2D eigenvalue weighted by Crippen LogP contribution is -2.42. The Bertz CT molecular complexity index is 376. The molecule has 3 nitrogen and oxygen atoms in total. The molecular weight excluding hydrogens is 221 g/mol. The predicted octanol–water partition coefficient (Wildman–Crippen LogP) is 2.27. The van der Waals surface area contributed by atoms with Crippen LogP contribution in [0.25, 0.3) is 0 Å². The molecule has 0 aromatic heterocycles. The van der Waals surface area contributed by atoms with E-state index in [1.807, 2.05) is 6.07 Å². The Morgan fingerprint density at radius 2 is 2.35 bits per heavy atom. The van der Waals surface area contributed by atoms with Gasteiger partial charge in [-0.05, 0) is 24.1 Å². The summed E-state index contributed by atoms with van der Waals surface area (Å²) in [7, 11) is 1.46. The van der Waals surface area contributed by atoms with E-state index in [0.717, 1.165) is 18.5 Å². The Morgan fingerprint density at radius 3 is 2.88 bits per heavy atom. The fourth-order valence-electron chi connectivity index (χ4n) is 1.98. The number of morpholine rings is 1. The number of hydrogen-bond acceptors (Lipinski definition) is 3. The normalized spacial score (nSPS) is 24.6. The molecule has 4 heteroatoms. The van der Waals surface area contributed by atoms with Gasteiger partial charge in [-0.2, -0.15) is 0 Å². The van der Waals surface area contributed by atoms with Gasteiger partial charge in [-0.3, -0.25) is 0 Å². The molecule has 0 radical (unpaired) electrons. The molecule has 0 spiro atoms. The molecule has 1 aromatic rings. The Labute approximate surface area is 101 Å². The van der Waals surface area contributed by atoms with Crippen molar-refractivity contribution < 1.29 is 13.9 Å². The van der Waals surface area contributed by atoms with Crippen molar-refractivity contribution in [2.24, 2.45) is 0 Å². The monoisotopic (exact) mass is 239 g/mol. The molecular formula is C13H18FNO2. The third-order valence-corrected chi connectivity index (χ3v) is 3.13. The van der Waals surface area contributed by atoms with Crippen LogP contribution in [0.15, 0.2) is 18.2 Å². The van der Waals surface area contributed by atoms with Crippen LogP contribution in [0, 0.1) is 5.82 Å². The molecule has 1 aliphatic heterocycles. The molecule has 1 aromatic carbocycles. The summed E-state index contributed by atoms with van der Waals surface area (Å²) in [6.45, 7) is 3.52. The topological polar surface area (TPSA) is 30.5 Å². The maximum Gasteiger partial charge on any atom is 0.165 e. The maximum atomic E-state index is 13.5. The van der Waals surface area contributed by atoms with Crippen molar-refractivity contribution >= 4 is 0 Å². The second-order valence-corrected chi connectivity index (χ2v) is 4.23. The van der Waals surface area contributed by atoms with Gasteiger partial charge in [-0.1, -0.05) is 13.0 Å². The zero-order valence-electron chi connectivity index (χ0n) is 10.2. The van der Waals surface area contributed by atoms with Crippen LogP contribution in [0.2, 0.25) is 0 Å². The van der Waals surface area contributed by atoms with Gasteiger partial charge < -0.3 is 14.8 Å². The van der Waals surface area contributed by atoms with Crippen molar-refractivity contribution in [3.63, 3.8) is 0 Å². The molecule has 17 heavy (non-hydrogen) atoms. The lowest BCUT2D eigenvalue weighted by atomic mass is 10.1. The van der Waals surface area contributed by atoms with Crippen LogP contribution < -0.4 is 10.1 Å². The van der Waals surface area contributed by atoms with Gasteiger partial charge in [0.2, 0.25) is 0 Å². The van der Waals surface area contributed by atoms with Crippen LogP contribution in [-0.2, 0) is 4.74 Å². The Morgan fingerprint density at radius 1 is 1.53 bits per heavy atom. The van der Waals surface area contributed by atoms with E-state index < -0.39 is 0 Å². The molecule has 0 saturated carbocycles. The minimum absolute atomic E-state index is 0.0711. The summed E-state index contributed by atoms with van der Waals surface area (Å²) in [4.78, 5) is 0. The summed E-state index contributed by atoms with van der Waals surface area (Å²) in [5.41, 5.74) is 0.852. The van der Waals surface area contributed by atoms with E-state index in [-0.39, 0.29) is 17.7 Å². The smallest absolute Gasteiger partial charge is 0.165 e. The number of methoxy groups -OCH3 is 1. The molecule has 0 aliphatic carbocycles. The van der Waals surface area contributed by atoms with Crippen molar-refractivity contribution in [3.8, 4) is 5.75 Å². The lowest BCUT2D eigenvalue weighted by molar-refractivity contribution is 0.00205. The first-order valence-corrected chi connectivity index (χ1v) is 5.93. The van der Waals surface area contributed by atoms with E-state index in [2.05, 4.69) is 12.2 Å². The van der Waals surface area contributed by atoms with E-state index in [1.54, 1.807) is 6.07 Å². The molecule has 1 N–H and O–H groups in total. The highest BCUT2D eigenvalue weighted by Gasteiger charge is 2.21. The second-order valence-electron chi connectivity index (χ2n) is 4.23. The zero-order chi connectivity index (χ0) is 12.3. The number of rotatable bonds is 3. The minimum atomic E-state index is -0.341. The number of halogens is 1. The molecule has 2 rings (SSSR count).